The standard InChI is InChI=1S/C43H78NO9P/c1-3-5-7-9-11-13-15-17-19-21-23-25-27-29-31-33-35-42(45)53-40(38-51-54(48,49)52-39-41(44)43(46)47)37-50-36-34-32-30-28-26-24-22-20-18-16-14-12-10-8-6-4-2/h6,8,12,14,18-21,40-41H,3-5,7,9-11,13,15-17,22-39,44H2,1-2H3,(H,46,47)(H,48,49)/b8-6-,14-12-,20-18-,21-19-. The number of carbonyl (C=O) groups is 2. The summed E-state index contributed by atoms with van der Waals surface area (Å²) in [5.74, 6) is -1.79. The number of nitrogens with two attached hydrogens (primary N) is 1. The van der Waals surface area contributed by atoms with Gasteiger partial charge in [0.15, 0.2) is 0 Å². The smallest absolute Gasteiger partial charge is 0.472 e. The number of aliphatic carboxylic acids is 1. The Morgan fingerprint density at radius 2 is 1.07 bits per heavy atom. The predicted molar refractivity (Wildman–Crippen MR) is 221 cm³/mol. The van der Waals surface area contributed by atoms with Crippen molar-refractivity contribution >= 4 is 19.8 Å². The van der Waals surface area contributed by atoms with Gasteiger partial charge in [0.2, 0.25) is 0 Å². The first kappa shape index (κ1) is 51.9. The van der Waals surface area contributed by atoms with Crippen molar-refractivity contribution in [1.29, 1.82) is 0 Å². The Kier molecular flexibility index (Phi) is 37.7. The third-order valence-corrected chi connectivity index (χ3v) is 9.79. The number of hydrogen-bond acceptors (Lipinski definition) is 8. The van der Waals surface area contributed by atoms with Gasteiger partial charge in [0.05, 0.1) is 19.8 Å². The summed E-state index contributed by atoms with van der Waals surface area (Å²) in [6.45, 7) is 3.72. The molecule has 0 aromatic carbocycles. The fourth-order valence-corrected chi connectivity index (χ4v) is 6.33. The lowest BCUT2D eigenvalue weighted by atomic mass is 10.1. The molecule has 4 N–H and O–H groups in total. The van der Waals surface area contributed by atoms with Crippen LogP contribution >= 0.6 is 7.82 Å². The first-order chi connectivity index (χ1) is 26.2. The van der Waals surface area contributed by atoms with Crippen molar-refractivity contribution in [3.8, 4) is 0 Å². The summed E-state index contributed by atoms with van der Waals surface area (Å²) in [7, 11) is -4.62. The molecular formula is C43H78NO9P. The molecule has 0 heterocycles. The van der Waals surface area contributed by atoms with Gasteiger partial charge in [-0.1, -0.05) is 146 Å². The number of esters is 1. The zero-order valence-corrected chi connectivity index (χ0v) is 35.0. The third-order valence-electron chi connectivity index (χ3n) is 8.84. The van der Waals surface area contributed by atoms with Crippen molar-refractivity contribution in [2.75, 3.05) is 26.4 Å². The summed E-state index contributed by atoms with van der Waals surface area (Å²) >= 11 is 0. The summed E-state index contributed by atoms with van der Waals surface area (Å²) in [4.78, 5) is 33.5. The fraction of sp³-hybridized carbons (Fsp3) is 0.767. The summed E-state index contributed by atoms with van der Waals surface area (Å²) in [5, 5.41) is 8.89. The van der Waals surface area contributed by atoms with Gasteiger partial charge in [0.1, 0.15) is 12.1 Å². The highest BCUT2D eigenvalue weighted by Crippen LogP contribution is 2.43. The molecule has 314 valence electrons. The van der Waals surface area contributed by atoms with E-state index in [1.807, 2.05) is 0 Å². The Hall–Kier alpha value is -2.07. The summed E-state index contributed by atoms with van der Waals surface area (Å²) < 4.78 is 33.3. The minimum absolute atomic E-state index is 0.00379. The minimum atomic E-state index is -4.62. The molecule has 10 nitrogen and oxygen atoms in total. The van der Waals surface area contributed by atoms with E-state index in [2.05, 4.69) is 62.5 Å². The lowest BCUT2D eigenvalue weighted by molar-refractivity contribution is -0.154. The second kappa shape index (κ2) is 39.2. The molecule has 54 heavy (non-hydrogen) atoms. The van der Waals surface area contributed by atoms with Gasteiger partial charge in [-0.2, -0.15) is 0 Å². The van der Waals surface area contributed by atoms with Crippen molar-refractivity contribution in [3.05, 3.63) is 48.6 Å². The molecule has 0 aliphatic rings. The van der Waals surface area contributed by atoms with E-state index in [1.54, 1.807) is 0 Å². The number of carbonyl (C=O) groups excluding carboxylic acids is 1. The van der Waals surface area contributed by atoms with Crippen molar-refractivity contribution in [1.82, 2.24) is 0 Å². The maximum absolute atomic E-state index is 12.6. The topological polar surface area (TPSA) is 155 Å². The van der Waals surface area contributed by atoms with E-state index in [4.69, 9.17) is 29.4 Å². The van der Waals surface area contributed by atoms with Crippen LogP contribution in [-0.2, 0) is 32.7 Å². The van der Waals surface area contributed by atoms with E-state index >= 15 is 0 Å². The second-order valence-corrected chi connectivity index (χ2v) is 15.5. The molecular weight excluding hydrogens is 705 g/mol. The van der Waals surface area contributed by atoms with E-state index < -0.39 is 45.1 Å². The van der Waals surface area contributed by atoms with Crippen LogP contribution in [0.2, 0.25) is 0 Å². The van der Waals surface area contributed by atoms with Crippen LogP contribution in [0.15, 0.2) is 48.6 Å². The van der Waals surface area contributed by atoms with Crippen LogP contribution in [0, 0.1) is 0 Å². The Bertz CT molecular complexity index is 1050. The third kappa shape index (κ3) is 38.2. The van der Waals surface area contributed by atoms with E-state index in [1.165, 1.54) is 70.6 Å². The van der Waals surface area contributed by atoms with Crippen molar-refractivity contribution < 1.29 is 42.7 Å². The average molecular weight is 784 g/mol. The van der Waals surface area contributed by atoms with Crippen molar-refractivity contribution in [2.45, 2.75) is 187 Å². The molecule has 0 radical (unpaired) electrons. The molecule has 0 aliphatic heterocycles. The van der Waals surface area contributed by atoms with Crippen LogP contribution in [-0.4, -0.2) is 60.5 Å². The van der Waals surface area contributed by atoms with Gasteiger partial charge in [-0.25, -0.2) is 4.57 Å². The van der Waals surface area contributed by atoms with E-state index in [0.717, 1.165) is 77.0 Å². The molecule has 0 spiro atoms. The lowest BCUT2D eigenvalue weighted by Crippen LogP contribution is -2.34. The number of carboxylic acids is 1. The fourth-order valence-electron chi connectivity index (χ4n) is 5.55. The molecule has 0 saturated carbocycles. The average Bonchev–Trinajstić information content (AvgIpc) is 3.15. The SMILES string of the molecule is CC/C=C\C/C=C\C/C=C\CCCCCCCCOCC(COP(=O)(O)OCC(N)C(=O)O)OC(=O)CCCCCCC/C=C\CCCCCCCCC. The highest BCUT2D eigenvalue weighted by molar-refractivity contribution is 7.47. The van der Waals surface area contributed by atoms with Crippen molar-refractivity contribution in [3.63, 3.8) is 0 Å². The molecule has 0 amide bonds. The molecule has 0 aliphatic carbocycles. The van der Waals surface area contributed by atoms with Gasteiger partial charge >= 0.3 is 19.8 Å². The summed E-state index contributed by atoms with van der Waals surface area (Å²) in [5.41, 5.74) is 5.35. The number of hydrogen-bond donors (Lipinski definition) is 3. The van der Waals surface area contributed by atoms with Crippen LogP contribution in [0.4, 0.5) is 0 Å². The highest BCUT2D eigenvalue weighted by Gasteiger charge is 2.27. The highest BCUT2D eigenvalue weighted by atomic mass is 31.2. The quantitative estimate of drug-likeness (QED) is 0.0237. The predicted octanol–water partition coefficient (Wildman–Crippen LogP) is 11.5. The van der Waals surface area contributed by atoms with Gasteiger partial charge < -0.3 is 25.2 Å². The van der Waals surface area contributed by atoms with Crippen molar-refractivity contribution in [2.24, 2.45) is 5.73 Å². The minimum Gasteiger partial charge on any atom is -0.480 e. The van der Waals surface area contributed by atoms with E-state index in [-0.39, 0.29) is 13.0 Å². The second-order valence-electron chi connectivity index (χ2n) is 14.1. The van der Waals surface area contributed by atoms with Crippen LogP contribution in [0.3, 0.4) is 0 Å². The van der Waals surface area contributed by atoms with Gasteiger partial charge in [0, 0.05) is 13.0 Å². The van der Waals surface area contributed by atoms with Gasteiger partial charge in [-0.15, -0.1) is 0 Å². The Balaban J connectivity index is 4.29. The zero-order chi connectivity index (χ0) is 39.8. The molecule has 0 rings (SSSR count). The van der Waals surface area contributed by atoms with Crippen LogP contribution < -0.4 is 5.73 Å². The van der Waals surface area contributed by atoms with E-state index in [9.17, 15) is 19.0 Å². The van der Waals surface area contributed by atoms with Crippen LogP contribution in [0.25, 0.3) is 0 Å². The maximum Gasteiger partial charge on any atom is 0.472 e. The number of allylic oxidation sites excluding steroid dienone is 8. The van der Waals surface area contributed by atoms with Gasteiger partial charge in [-0.3, -0.25) is 18.6 Å². The molecule has 3 unspecified atom stereocenters. The van der Waals surface area contributed by atoms with Crippen LogP contribution in [0.5, 0.6) is 0 Å². The van der Waals surface area contributed by atoms with E-state index in [0.29, 0.717) is 13.0 Å². The summed E-state index contributed by atoms with van der Waals surface area (Å²) in [6, 6.07) is -1.48. The molecule has 0 aromatic heterocycles. The first-order valence-electron chi connectivity index (χ1n) is 21.2. The zero-order valence-electron chi connectivity index (χ0n) is 34.1. The molecule has 0 bridgehead atoms. The van der Waals surface area contributed by atoms with Gasteiger partial charge in [-0.05, 0) is 70.6 Å². The Morgan fingerprint density at radius 1 is 0.611 bits per heavy atom. The summed E-state index contributed by atoms with van der Waals surface area (Å²) in [6.07, 6.45) is 44.4. The largest absolute Gasteiger partial charge is 0.480 e. The monoisotopic (exact) mass is 784 g/mol. The number of rotatable bonds is 40. The number of ether oxygens (including phenoxy) is 2. The maximum atomic E-state index is 12.6. The Labute approximate surface area is 329 Å². The molecule has 0 aromatic rings. The number of phosphoric acid groups is 1. The van der Waals surface area contributed by atoms with Gasteiger partial charge in [0.25, 0.3) is 0 Å². The Morgan fingerprint density at radius 3 is 1.63 bits per heavy atom. The molecule has 11 heteroatoms. The number of unbranched alkanes of at least 4 members (excludes halogenated alkanes) is 18. The number of phosphoric ester groups is 1. The first-order valence-corrected chi connectivity index (χ1v) is 22.7. The number of carboxylic acid groups (broad SMARTS) is 1. The molecule has 0 fully saturated rings. The lowest BCUT2D eigenvalue weighted by Gasteiger charge is -2.20. The van der Waals surface area contributed by atoms with Crippen LogP contribution in [0.1, 0.15) is 174 Å². The molecule has 0 saturated heterocycles. The molecule has 3 atom stereocenters. The normalized spacial score (nSPS) is 14.4.